The zero-order valence-electron chi connectivity index (χ0n) is 8.86. The first-order chi connectivity index (χ1) is 8.18. The van der Waals surface area contributed by atoms with Gasteiger partial charge in [-0.05, 0) is 6.07 Å². The third kappa shape index (κ3) is 1.25. The van der Waals surface area contributed by atoms with Crippen LogP contribution in [0, 0.1) is 0 Å². The first-order valence-corrected chi connectivity index (χ1v) is 5.01. The molecule has 0 spiro atoms. The van der Waals surface area contributed by atoms with E-state index in [1.165, 1.54) is 6.26 Å². The number of rotatable bonds is 1. The van der Waals surface area contributed by atoms with Crippen molar-refractivity contribution in [3.63, 3.8) is 0 Å². The average Bonchev–Trinajstić information content (AvgIpc) is 2.73. The molecule has 3 N–H and O–H groups in total. The van der Waals surface area contributed by atoms with Gasteiger partial charge in [-0.15, -0.1) is 0 Å². The normalized spacial score (nSPS) is 11.1. The van der Waals surface area contributed by atoms with E-state index in [-0.39, 0.29) is 0 Å². The van der Waals surface area contributed by atoms with E-state index >= 15 is 0 Å². The molecule has 3 rings (SSSR count). The van der Waals surface area contributed by atoms with E-state index in [1.807, 2.05) is 0 Å². The van der Waals surface area contributed by atoms with Gasteiger partial charge < -0.3 is 15.1 Å². The molecule has 5 heteroatoms. The van der Waals surface area contributed by atoms with Gasteiger partial charge in [0.2, 0.25) is 0 Å². The van der Waals surface area contributed by atoms with Gasteiger partial charge in [0.15, 0.2) is 5.52 Å². The molecule has 3 aromatic rings. The number of aromatic amines is 1. The molecule has 3 aromatic heterocycles. The maximum Gasteiger partial charge on any atom is 0.362 e. The third-order valence-electron chi connectivity index (χ3n) is 2.71. The fraction of sp³-hybridized carbons (Fsp3) is 0. The number of aromatic nitrogens is 2. The second-order valence-corrected chi connectivity index (χ2v) is 3.74. The second kappa shape index (κ2) is 3.21. The van der Waals surface area contributed by atoms with E-state index in [1.54, 1.807) is 18.5 Å². The van der Waals surface area contributed by atoms with Gasteiger partial charge >= 0.3 is 5.63 Å². The minimum absolute atomic E-state index is 0.294. The van der Waals surface area contributed by atoms with Gasteiger partial charge in [0.25, 0.3) is 0 Å². The topological polar surface area (TPSA) is 84.9 Å². The first kappa shape index (κ1) is 9.65. The van der Waals surface area contributed by atoms with Crippen LogP contribution in [0.3, 0.4) is 0 Å². The molecule has 0 aliphatic carbocycles. The van der Waals surface area contributed by atoms with Crippen LogP contribution in [0.2, 0.25) is 0 Å². The molecule has 0 aliphatic heterocycles. The van der Waals surface area contributed by atoms with E-state index in [0.717, 1.165) is 16.5 Å². The number of pyridine rings is 1. The summed E-state index contributed by atoms with van der Waals surface area (Å²) in [6.07, 6.45) is 4.69. The number of fused-ring (bicyclic) bond motifs is 3. The summed E-state index contributed by atoms with van der Waals surface area (Å²) < 4.78 is 4.78. The van der Waals surface area contributed by atoms with Crippen molar-refractivity contribution >= 4 is 27.5 Å². The summed E-state index contributed by atoms with van der Waals surface area (Å²) >= 11 is 0. The predicted octanol–water partition coefficient (Wildman–Crippen LogP) is 1.60. The Kier molecular flexibility index (Phi) is 1.82. The van der Waals surface area contributed by atoms with Crippen LogP contribution < -0.4 is 11.4 Å². The van der Waals surface area contributed by atoms with Gasteiger partial charge in [-0.1, -0.05) is 6.58 Å². The van der Waals surface area contributed by atoms with Gasteiger partial charge in [0.05, 0.1) is 18.0 Å². The first-order valence-electron chi connectivity index (χ1n) is 5.01. The lowest BCUT2D eigenvalue weighted by atomic mass is 10.1. The summed E-state index contributed by atoms with van der Waals surface area (Å²) in [6.45, 7) is 3.71. The molecular formula is C12H9N3O2. The minimum atomic E-state index is -0.459. The highest BCUT2D eigenvalue weighted by atomic mass is 16.4. The Morgan fingerprint density at radius 3 is 3.12 bits per heavy atom. The van der Waals surface area contributed by atoms with Crippen LogP contribution in [0.25, 0.3) is 27.5 Å². The van der Waals surface area contributed by atoms with E-state index in [4.69, 9.17) is 10.2 Å². The molecule has 17 heavy (non-hydrogen) atoms. The largest absolute Gasteiger partial charge is 0.430 e. The van der Waals surface area contributed by atoms with E-state index in [9.17, 15) is 4.79 Å². The van der Waals surface area contributed by atoms with Crippen molar-refractivity contribution in [2.45, 2.75) is 0 Å². The molecule has 84 valence electrons. The molecule has 3 heterocycles. The summed E-state index contributed by atoms with van der Waals surface area (Å²) in [5.74, 6) is 0. The SMILES string of the molecule is C=C(N)c1c[nH]c2cnc3c(=O)occc3c12. The van der Waals surface area contributed by atoms with Gasteiger partial charge in [-0.2, -0.15) is 0 Å². The van der Waals surface area contributed by atoms with E-state index < -0.39 is 5.63 Å². The molecule has 0 saturated heterocycles. The van der Waals surface area contributed by atoms with Crippen molar-refractivity contribution in [1.82, 2.24) is 9.97 Å². The molecule has 0 saturated carbocycles. The van der Waals surface area contributed by atoms with Crippen LogP contribution in [0.4, 0.5) is 0 Å². The number of hydrogen-bond donors (Lipinski definition) is 2. The number of nitrogens with zero attached hydrogens (tertiary/aromatic N) is 1. The molecule has 0 fully saturated rings. The standard InChI is InChI=1S/C12H9N3O2/c1-6(13)8-4-14-9-5-15-11-7(10(8)9)2-3-17-12(11)16/h2-5,14H,1,13H2. The maximum atomic E-state index is 11.5. The molecule has 0 amide bonds. The number of nitrogens with one attached hydrogen (secondary N) is 1. The van der Waals surface area contributed by atoms with Crippen LogP contribution in [-0.4, -0.2) is 9.97 Å². The number of H-pyrrole nitrogens is 1. The van der Waals surface area contributed by atoms with Gasteiger partial charge in [0.1, 0.15) is 0 Å². The monoisotopic (exact) mass is 227 g/mol. The van der Waals surface area contributed by atoms with Crippen molar-refractivity contribution < 1.29 is 4.42 Å². The molecule has 5 nitrogen and oxygen atoms in total. The van der Waals surface area contributed by atoms with Crippen molar-refractivity contribution in [2.75, 3.05) is 0 Å². The zero-order chi connectivity index (χ0) is 12.0. The Morgan fingerprint density at radius 2 is 2.35 bits per heavy atom. The smallest absolute Gasteiger partial charge is 0.362 e. The van der Waals surface area contributed by atoms with Crippen LogP contribution in [0.5, 0.6) is 0 Å². The molecule has 0 bridgehead atoms. The summed E-state index contributed by atoms with van der Waals surface area (Å²) in [5.41, 5.74) is 7.58. The molecular weight excluding hydrogens is 218 g/mol. The van der Waals surface area contributed by atoms with Gasteiger partial charge in [-0.3, -0.25) is 0 Å². The van der Waals surface area contributed by atoms with Crippen molar-refractivity contribution in [2.24, 2.45) is 5.73 Å². The van der Waals surface area contributed by atoms with E-state index in [0.29, 0.717) is 16.6 Å². The Balaban J connectivity index is 2.62. The fourth-order valence-corrected chi connectivity index (χ4v) is 1.95. The molecule has 0 atom stereocenters. The lowest BCUT2D eigenvalue weighted by Gasteiger charge is -2.00. The van der Waals surface area contributed by atoms with Crippen molar-refractivity contribution in [3.05, 3.63) is 47.3 Å². The third-order valence-corrected chi connectivity index (χ3v) is 2.71. The molecule has 0 aliphatic rings. The van der Waals surface area contributed by atoms with Crippen molar-refractivity contribution in [3.8, 4) is 0 Å². The molecule has 0 aromatic carbocycles. The fourth-order valence-electron chi connectivity index (χ4n) is 1.95. The summed E-state index contributed by atoms with van der Waals surface area (Å²) in [4.78, 5) is 18.7. The van der Waals surface area contributed by atoms with E-state index in [2.05, 4.69) is 16.5 Å². The summed E-state index contributed by atoms with van der Waals surface area (Å²) in [5, 5.41) is 1.55. The molecule has 0 unspecified atom stereocenters. The molecule has 0 radical (unpaired) electrons. The van der Waals surface area contributed by atoms with Crippen LogP contribution in [0.1, 0.15) is 5.56 Å². The Labute approximate surface area is 95.6 Å². The second-order valence-electron chi connectivity index (χ2n) is 3.74. The summed E-state index contributed by atoms with van der Waals surface area (Å²) in [7, 11) is 0. The quantitative estimate of drug-likeness (QED) is 0.661. The number of hydrogen-bond acceptors (Lipinski definition) is 4. The Hall–Kier alpha value is -2.56. The van der Waals surface area contributed by atoms with Crippen LogP contribution >= 0.6 is 0 Å². The predicted molar refractivity (Wildman–Crippen MR) is 65.4 cm³/mol. The highest BCUT2D eigenvalue weighted by Gasteiger charge is 2.11. The average molecular weight is 227 g/mol. The Morgan fingerprint density at radius 1 is 1.53 bits per heavy atom. The highest BCUT2D eigenvalue weighted by molar-refractivity contribution is 6.09. The van der Waals surface area contributed by atoms with Gasteiger partial charge in [-0.25, -0.2) is 9.78 Å². The van der Waals surface area contributed by atoms with Crippen LogP contribution in [0.15, 0.2) is 40.5 Å². The number of nitrogens with two attached hydrogens (primary N) is 1. The maximum absolute atomic E-state index is 11.5. The summed E-state index contributed by atoms with van der Waals surface area (Å²) in [6, 6.07) is 1.70. The Bertz CT molecular complexity index is 798. The van der Waals surface area contributed by atoms with Gasteiger partial charge in [0, 0.05) is 28.2 Å². The lowest BCUT2D eigenvalue weighted by Crippen LogP contribution is -2.01. The highest BCUT2D eigenvalue weighted by Crippen LogP contribution is 2.27. The lowest BCUT2D eigenvalue weighted by molar-refractivity contribution is 0.518. The van der Waals surface area contributed by atoms with Crippen LogP contribution in [-0.2, 0) is 0 Å². The van der Waals surface area contributed by atoms with Crippen molar-refractivity contribution in [1.29, 1.82) is 0 Å². The minimum Gasteiger partial charge on any atom is -0.430 e. The zero-order valence-corrected chi connectivity index (χ0v) is 8.86.